The van der Waals surface area contributed by atoms with Gasteiger partial charge in [0.05, 0.1) is 41.1 Å². The molecule has 2 aromatic rings. The van der Waals surface area contributed by atoms with Crippen LogP contribution in [-0.4, -0.2) is 37.8 Å². The molecule has 10 heteroatoms. The molecule has 2 atom stereocenters. The van der Waals surface area contributed by atoms with Gasteiger partial charge >= 0.3 is 5.97 Å². The van der Waals surface area contributed by atoms with E-state index in [4.69, 9.17) is 9.47 Å². The number of nitrogens with zero attached hydrogens (tertiary/aromatic N) is 1. The van der Waals surface area contributed by atoms with Gasteiger partial charge in [0, 0.05) is 11.6 Å². The van der Waals surface area contributed by atoms with Crippen LogP contribution in [-0.2, 0) is 19.1 Å². The Morgan fingerprint density at radius 1 is 1.17 bits per heavy atom. The maximum absolute atomic E-state index is 13.0. The number of nitrogens with one attached hydrogen (secondary N) is 2. The number of nitriles is 1. The molecule has 0 aliphatic carbocycles. The summed E-state index contributed by atoms with van der Waals surface area (Å²) in [5.41, 5.74) is 3.54. The van der Waals surface area contributed by atoms with Gasteiger partial charge in [0.2, 0.25) is 11.8 Å². The number of hydrogen-bond donors (Lipinski definition) is 2. The third-order valence-electron chi connectivity index (χ3n) is 5.66. The summed E-state index contributed by atoms with van der Waals surface area (Å²) in [6.45, 7) is 3.94. The van der Waals surface area contributed by atoms with Crippen LogP contribution in [0, 0.1) is 31.1 Å². The second-order valence-corrected chi connectivity index (χ2v) is 9.69. The number of rotatable bonds is 7. The second-order valence-electron chi connectivity index (χ2n) is 7.85. The SMILES string of the molecule is COC(=O)[C@@H]1C(=O)NC(SCC(=O)Nc2ccc(C)c(C)c2)=C(C#N)[C@@H]1c1ccc(OC)c(Br)c1. The van der Waals surface area contributed by atoms with E-state index < -0.39 is 23.7 Å². The minimum atomic E-state index is -1.26. The lowest BCUT2D eigenvalue weighted by molar-refractivity contribution is -0.150. The van der Waals surface area contributed by atoms with Crippen molar-refractivity contribution in [3.8, 4) is 11.8 Å². The van der Waals surface area contributed by atoms with Crippen LogP contribution in [0.2, 0.25) is 0 Å². The number of carbonyl (C=O) groups excluding carboxylic acids is 3. The molecule has 0 fully saturated rings. The predicted molar refractivity (Wildman–Crippen MR) is 137 cm³/mol. The summed E-state index contributed by atoms with van der Waals surface area (Å²) >= 11 is 4.44. The molecule has 0 unspecified atom stereocenters. The highest BCUT2D eigenvalue weighted by Gasteiger charge is 2.44. The Kier molecular flexibility index (Phi) is 8.59. The molecule has 1 heterocycles. The van der Waals surface area contributed by atoms with E-state index >= 15 is 0 Å². The van der Waals surface area contributed by atoms with Gasteiger partial charge in [-0.05, 0) is 70.7 Å². The number of aryl methyl sites for hydroxylation is 2. The zero-order chi connectivity index (χ0) is 25.7. The van der Waals surface area contributed by atoms with E-state index in [1.54, 1.807) is 18.2 Å². The molecule has 8 nitrogen and oxygen atoms in total. The molecule has 0 radical (unpaired) electrons. The number of benzene rings is 2. The Morgan fingerprint density at radius 3 is 2.51 bits per heavy atom. The molecule has 0 saturated heterocycles. The first-order chi connectivity index (χ1) is 16.7. The lowest BCUT2D eigenvalue weighted by atomic mass is 9.78. The number of anilines is 1. The van der Waals surface area contributed by atoms with Crippen LogP contribution in [0.15, 0.2) is 51.5 Å². The van der Waals surface area contributed by atoms with Crippen LogP contribution >= 0.6 is 27.7 Å². The molecule has 0 saturated carbocycles. The van der Waals surface area contributed by atoms with Gasteiger partial charge in [-0.2, -0.15) is 5.26 Å². The first kappa shape index (κ1) is 26.3. The molecule has 1 aliphatic rings. The number of amides is 2. The lowest BCUT2D eigenvalue weighted by Crippen LogP contribution is -2.44. The van der Waals surface area contributed by atoms with Crippen molar-refractivity contribution in [2.24, 2.45) is 5.92 Å². The highest BCUT2D eigenvalue weighted by molar-refractivity contribution is 9.10. The van der Waals surface area contributed by atoms with Crippen LogP contribution in [0.4, 0.5) is 5.69 Å². The normalized spacial score (nSPS) is 17.3. The van der Waals surface area contributed by atoms with Crippen molar-refractivity contribution >= 4 is 51.2 Å². The van der Waals surface area contributed by atoms with E-state index in [1.807, 2.05) is 32.0 Å². The van der Waals surface area contributed by atoms with E-state index in [1.165, 1.54) is 14.2 Å². The van der Waals surface area contributed by atoms with Crippen molar-refractivity contribution in [2.75, 3.05) is 25.3 Å². The van der Waals surface area contributed by atoms with E-state index in [0.29, 0.717) is 21.5 Å². The largest absolute Gasteiger partial charge is 0.496 e. The van der Waals surface area contributed by atoms with Crippen molar-refractivity contribution in [1.82, 2.24) is 5.32 Å². The average Bonchev–Trinajstić information content (AvgIpc) is 2.84. The Morgan fingerprint density at radius 2 is 1.91 bits per heavy atom. The Bertz CT molecular complexity index is 1250. The van der Waals surface area contributed by atoms with Crippen molar-refractivity contribution in [2.45, 2.75) is 19.8 Å². The highest BCUT2D eigenvalue weighted by atomic mass is 79.9. The zero-order valence-corrected chi connectivity index (χ0v) is 22.0. The molecule has 2 amide bonds. The van der Waals surface area contributed by atoms with Gasteiger partial charge < -0.3 is 20.1 Å². The van der Waals surface area contributed by atoms with Gasteiger partial charge in [-0.25, -0.2) is 0 Å². The monoisotopic (exact) mass is 557 g/mol. The van der Waals surface area contributed by atoms with Crippen LogP contribution in [0.1, 0.15) is 22.6 Å². The lowest BCUT2D eigenvalue weighted by Gasteiger charge is -2.31. The maximum Gasteiger partial charge on any atom is 0.319 e. The fraction of sp³-hybridized carbons (Fsp3) is 0.280. The van der Waals surface area contributed by atoms with E-state index in [0.717, 1.165) is 22.9 Å². The van der Waals surface area contributed by atoms with Crippen molar-refractivity contribution in [3.05, 3.63) is 68.2 Å². The fourth-order valence-electron chi connectivity index (χ4n) is 3.71. The molecule has 3 rings (SSSR count). The van der Waals surface area contributed by atoms with Gasteiger partial charge in [0.15, 0.2) is 0 Å². The van der Waals surface area contributed by atoms with Gasteiger partial charge in [-0.3, -0.25) is 14.4 Å². The topological polar surface area (TPSA) is 118 Å². The van der Waals surface area contributed by atoms with Crippen molar-refractivity contribution in [1.29, 1.82) is 5.26 Å². The smallest absolute Gasteiger partial charge is 0.319 e. The zero-order valence-electron chi connectivity index (χ0n) is 19.6. The molecular weight excluding hydrogens is 534 g/mol. The summed E-state index contributed by atoms with van der Waals surface area (Å²) in [5, 5.41) is 15.7. The average molecular weight is 558 g/mol. The highest BCUT2D eigenvalue weighted by Crippen LogP contribution is 2.42. The van der Waals surface area contributed by atoms with Crippen molar-refractivity contribution < 1.29 is 23.9 Å². The van der Waals surface area contributed by atoms with E-state index in [9.17, 15) is 19.6 Å². The number of methoxy groups -OCH3 is 2. The molecule has 182 valence electrons. The number of esters is 1. The molecule has 0 spiro atoms. The van der Waals surface area contributed by atoms with E-state index in [-0.39, 0.29) is 22.3 Å². The van der Waals surface area contributed by atoms with Gasteiger partial charge in [-0.15, -0.1) is 0 Å². The summed E-state index contributed by atoms with van der Waals surface area (Å²) in [6.07, 6.45) is 0. The molecule has 2 N–H and O–H groups in total. The standard InChI is InChI=1S/C25H24BrN3O5S/c1-13-5-7-16(9-14(13)2)28-20(30)12-35-24-17(11-27)21(22(23(31)29-24)25(32)34-4)15-6-8-19(33-3)18(26)10-15/h5-10,21-22H,12H2,1-4H3,(H,28,30)(H,29,31)/t21-,22-/m0/s1. The Hall–Kier alpha value is -3.29. The van der Waals surface area contributed by atoms with Crippen LogP contribution in [0.5, 0.6) is 5.75 Å². The number of carbonyl (C=O) groups is 3. The Labute approximate surface area is 216 Å². The summed E-state index contributed by atoms with van der Waals surface area (Å²) in [7, 11) is 2.71. The summed E-state index contributed by atoms with van der Waals surface area (Å²) in [5.74, 6) is -3.30. The molecule has 1 aliphatic heterocycles. The van der Waals surface area contributed by atoms with Crippen LogP contribution in [0.25, 0.3) is 0 Å². The van der Waals surface area contributed by atoms with Gasteiger partial charge in [0.1, 0.15) is 11.7 Å². The Balaban J connectivity index is 1.91. The number of hydrogen-bond acceptors (Lipinski definition) is 7. The van der Waals surface area contributed by atoms with Crippen molar-refractivity contribution in [3.63, 3.8) is 0 Å². The number of halogens is 1. The first-order valence-electron chi connectivity index (χ1n) is 10.6. The molecule has 2 aromatic carbocycles. The molecular formula is C25H24BrN3O5S. The van der Waals surface area contributed by atoms with Gasteiger partial charge in [0.25, 0.3) is 0 Å². The minimum Gasteiger partial charge on any atom is -0.496 e. The first-order valence-corrected chi connectivity index (χ1v) is 12.3. The van der Waals surface area contributed by atoms with Crippen LogP contribution < -0.4 is 15.4 Å². The summed E-state index contributed by atoms with van der Waals surface area (Å²) in [6, 6.07) is 12.8. The third-order valence-corrected chi connectivity index (χ3v) is 7.29. The maximum atomic E-state index is 13.0. The number of thioether (sulfide) groups is 1. The third kappa shape index (κ3) is 5.86. The predicted octanol–water partition coefficient (Wildman–Crippen LogP) is 4.18. The second kappa shape index (κ2) is 11.4. The quantitative estimate of drug-likeness (QED) is 0.387. The number of ether oxygens (including phenoxy) is 2. The summed E-state index contributed by atoms with van der Waals surface area (Å²) in [4.78, 5) is 38.1. The van der Waals surface area contributed by atoms with Gasteiger partial charge in [-0.1, -0.05) is 23.9 Å². The summed E-state index contributed by atoms with van der Waals surface area (Å²) < 4.78 is 10.7. The number of allylic oxidation sites excluding steroid dienone is 1. The molecule has 35 heavy (non-hydrogen) atoms. The minimum absolute atomic E-state index is 0.0460. The molecule has 0 aromatic heterocycles. The van der Waals surface area contributed by atoms with E-state index in [2.05, 4.69) is 32.6 Å². The fourth-order valence-corrected chi connectivity index (χ4v) is 5.12. The van der Waals surface area contributed by atoms with Crippen LogP contribution in [0.3, 0.4) is 0 Å². The molecule has 0 bridgehead atoms.